The smallest absolute Gasteiger partial charge is 0.270 e. The van der Waals surface area contributed by atoms with Crippen LogP contribution in [-0.4, -0.2) is 19.2 Å². The van der Waals surface area contributed by atoms with E-state index < -0.39 is 20.9 Å². The third kappa shape index (κ3) is 5.32. The first-order valence-corrected chi connectivity index (χ1v) is 10.9. The number of nitro benzene ring substituents is 1. The van der Waals surface area contributed by atoms with Gasteiger partial charge in [0, 0.05) is 22.8 Å². The van der Waals surface area contributed by atoms with Crippen molar-refractivity contribution in [3.8, 4) is 0 Å². The Kier molecular flexibility index (Phi) is 6.49. The Hall–Kier alpha value is -3.14. The number of hydrogen-bond donors (Lipinski definition) is 2. The fourth-order valence-corrected chi connectivity index (χ4v) is 4.02. The second-order valence-electron chi connectivity index (χ2n) is 6.47. The number of halogens is 2. The van der Waals surface area contributed by atoms with Gasteiger partial charge in [0.2, 0.25) is 0 Å². The minimum atomic E-state index is -3.88. The summed E-state index contributed by atoms with van der Waals surface area (Å²) >= 11 is 12.0. The topological polar surface area (TPSA) is 118 Å². The van der Waals surface area contributed by atoms with Crippen LogP contribution in [0.25, 0.3) is 0 Å². The fraction of sp³-hybridized carbons (Fsp3) is 0.0500. The Bertz CT molecular complexity index is 1280. The second kappa shape index (κ2) is 8.93. The van der Waals surface area contributed by atoms with Crippen LogP contribution in [0.5, 0.6) is 0 Å². The van der Waals surface area contributed by atoms with Gasteiger partial charge in [-0.25, -0.2) is 8.42 Å². The summed E-state index contributed by atoms with van der Waals surface area (Å²) in [6.45, 7) is 1.80. The summed E-state index contributed by atoms with van der Waals surface area (Å²) in [7, 11) is -3.88. The van der Waals surface area contributed by atoms with Crippen LogP contribution in [0.3, 0.4) is 0 Å². The van der Waals surface area contributed by atoms with E-state index in [1.807, 2.05) is 0 Å². The fourth-order valence-electron chi connectivity index (χ4n) is 2.59. The van der Waals surface area contributed by atoms with Gasteiger partial charge in [-0.2, -0.15) is 0 Å². The van der Waals surface area contributed by atoms with Crippen molar-refractivity contribution in [3.63, 3.8) is 0 Å². The van der Waals surface area contributed by atoms with Crippen LogP contribution in [0.15, 0.2) is 65.6 Å². The first kappa shape index (κ1) is 22.5. The van der Waals surface area contributed by atoms with E-state index in [4.69, 9.17) is 23.2 Å². The van der Waals surface area contributed by atoms with Crippen LogP contribution in [0.4, 0.5) is 17.1 Å². The maximum absolute atomic E-state index is 12.6. The molecule has 3 aromatic carbocycles. The third-order valence-corrected chi connectivity index (χ3v) is 6.39. The molecule has 160 valence electrons. The number of non-ortho nitro benzene ring substituents is 1. The molecule has 2 N–H and O–H groups in total. The van der Waals surface area contributed by atoms with Crippen molar-refractivity contribution >= 4 is 56.2 Å². The van der Waals surface area contributed by atoms with Crippen molar-refractivity contribution in [3.05, 3.63) is 92.0 Å². The number of rotatable bonds is 6. The first-order chi connectivity index (χ1) is 14.6. The molecule has 0 fully saturated rings. The van der Waals surface area contributed by atoms with Crippen LogP contribution < -0.4 is 10.0 Å². The van der Waals surface area contributed by atoms with Gasteiger partial charge in [-0.15, -0.1) is 0 Å². The van der Waals surface area contributed by atoms with Gasteiger partial charge in [0.05, 0.1) is 26.1 Å². The van der Waals surface area contributed by atoms with E-state index in [-0.39, 0.29) is 26.9 Å². The van der Waals surface area contributed by atoms with Crippen LogP contribution >= 0.6 is 23.2 Å². The summed E-state index contributed by atoms with van der Waals surface area (Å²) in [4.78, 5) is 22.7. The maximum atomic E-state index is 12.6. The quantitative estimate of drug-likeness (QED) is 0.368. The summed E-state index contributed by atoms with van der Waals surface area (Å²) in [5.74, 6) is -0.670. The van der Waals surface area contributed by atoms with Gasteiger partial charge in [0.25, 0.3) is 21.6 Å². The van der Waals surface area contributed by atoms with Crippen molar-refractivity contribution in [2.24, 2.45) is 0 Å². The predicted molar refractivity (Wildman–Crippen MR) is 119 cm³/mol. The minimum Gasteiger partial charge on any atom is -0.322 e. The lowest BCUT2D eigenvalue weighted by Crippen LogP contribution is -2.14. The highest BCUT2D eigenvalue weighted by molar-refractivity contribution is 7.92. The molecule has 0 atom stereocenters. The van der Waals surface area contributed by atoms with Crippen LogP contribution in [-0.2, 0) is 10.0 Å². The molecule has 3 aromatic rings. The van der Waals surface area contributed by atoms with E-state index in [0.29, 0.717) is 10.7 Å². The Morgan fingerprint density at radius 3 is 2.19 bits per heavy atom. The normalized spacial score (nSPS) is 11.1. The maximum Gasteiger partial charge on any atom is 0.270 e. The summed E-state index contributed by atoms with van der Waals surface area (Å²) in [6, 6.07) is 13.7. The van der Waals surface area contributed by atoms with Crippen molar-refractivity contribution in [1.29, 1.82) is 0 Å². The summed E-state index contributed by atoms with van der Waals surface area (Å²) < 4.78 is 27.6. The number of aryl methyl sites for hydroxylation is 1. The number of sulfonamides is 1. The standard InChI is InChI=1S/C20H15Cl2N3O5S/c1-12-2-3-14(10-19(12)22)24-31(29,30)16-7-4-13(5-8-16)23-20(26)17-11-15(25(27)28)6-9-18(17)21/h2-11,24H,1H3,(H,23,26). The Morgan fingerprint density at radius 1 is 0.935 bits per heavy atom. The Balaban J connectivity index is 1.76. The van der Waals surface area contributed by atoms with Gasteiger partial charge in [-0.3, -0.25) is 19.6 Å². The lowest BCUT2D eigenvalue weighted by molar-refractivity contribution is -0.384. The molecule has 0 saturated carbocycles. The highest BCUT2D eigenvalue weighted by Gasteiger charge is 2.18. The zero-order chi connectivity index (χ0) is 22.8. The molecule has 0 spiro atoms. The zero-order valence-corrected chi connectivity index (χ0v) is 18.3. The SMILES string of the molecule is Cc1ccc(NS(=O)(=O)c2ccc(NC(=O)c3cc([N+](=O)[O-])ccc3Cl)cc2)cc1Cl. The molecule has 31 heavy (non-hydrogen) atoms. The molecular weight excluding hydrogens is 465 g/mol. The summed E-state index contributed by atoms with van der Waals surface area (Å²) in [5, 5.41) is 13.9. The highest BCUT2D eigenvalue weighted by Crippen LogP contribution is 2.25. The molecule has 11 heteroatoms. The molecule has 0 aliphatic carbocycles. The minimum absolute atomic E-state index is 0.0319. The molecule has 0 aromatic heterocycles. The monoisotopic (exact) mass is 479 g/mol. The molecule has 0 saturated heterocycles. The lowest BCUT2D eigenvalue weighted by atomic mass is 10.2. The molecular formula is C20H15Cl2N3O5S. The Morgan fingerprint density at radius 2 is 1.58 bits per heavy atom. The first-order valence-electron chi connectivity index (χ1n) is 8.71. The van der Waals surface area contributed by atoms with Crippen molar-refractivity contribution in [2.75, 3.05) is 10.0 Å². The average Bonchev–Trinajstić information content (AvgIpc) is 2.71. The molecule has 8 nitrogen and oxygen atoms in total. The molecule has 0 aliphatic heterocycles. The van der Waals surface area contributed by atoms with Crippen LogP contribution in [0.1, 0.15) is 15.9 Å². The lowest BCUT2D eigenvalue weighted by Gasteiger charge is -2.11. The number of carbonyl (C=O) groups excluding carboxylic acids is 1. The van der Waals surface area contributed by atoms with Crippen LogP contribution in [0, 0.1) is 17.0 Å². The molecule has 0 unspecified atom stereocenters. The van der Waals surface area contributed by atoms with Crippen molar-refractivity contribution < 1.29 is 18.1 Å². The molecule has 0 bridgehead atoms. The van der Waals surface area contributed by atoms with E-state index in [1.165, 1.54) is 42.5 Å². The van der Waals surface area contributed by atoms with Gasteiger partial charge in [0.1, 0.15) is 0 Å². The number of benzene rings is 3. The third-order valence-electron chi connectivity index (χ3n) is 4.25. The van der Waals surface area contributed by atoms with Gasteiger partial charge >= 0.3 is 0 Å². The van der Waals surface area contributed by atoms with Gasteiger partial charge < -0.3 is 5.32 Å². The number of amides is 1. The Labute approximate surface area is 188 Å². The van der Waals surface area contributed by atoms with E-state index in [2.05, 4.69) is 10.0 Å². The van der Waals surface area contributed by atoms with E-state index >= 15 is 0 Å². The number of carbonyl (C=O) groups is 1. The van der Waals surface area contributed by atoms with Crippen molar-refractivity contribution in [2.45, 2.75) is 11.8 Å². The molecule has 0 aliphatic rings. The highest BCUT2D eigenvalue weighted by atomic mass is 35.5. The van der Waals surface area contributed by atoms with Gasteiger partial charge in [-0.05, 0) is 55.0 Å². The molecule has 0 heterocycles. The van der Waals surface area contributed by atoms with Crippen LogP contribution in [0.2, 0.25) is 10.0 Å². The molecule has 1 amide bonds. The van der Waals surface area contributed by atoms with E-state index in [9.17, 15) is 23.3 Å². The number of anilines is 2. The van der Waals surface area contributed by atoms with E-state index in [1.54, 1.807) is 19.1 Å². The number of nitro groups is 1. The van der Waals surface area contributed by atoms with Gasteiger partial charge in [0.15, 0.2) is 0 Å². The summed E-state index contributed by atoms with van der Waals surface area (Å²) in [5.41, 5.74) is 1.05. The van der Waals surface area contributed by atoms with E-state index in [0.717, 1.165) is 11.6 Å². The summed E-state index contributed by atoms with van der Waals surface area (Å²) in [6.07, 6.45) is 0. The number of hydrogen-bond acceptors (Lipinski definition) is 5. The zero-order valence-electron chi connectivity index (χ0n) is 15.9. The van der Waals surface area contributed by atoms with Gasteiger partial charge in [-0.1, -0.05) is 29.3 Å². The predicted octanol–water partition coefficient (Wildman–Crippen LogP) is 5.26. The second-order valence-corrected chi connectivity index (χ2v) is 8.97. The molecule has 3 rings (SSSR count). The largest absolute Gasteiger partial charge is 0.322 e. The average molecular weight is 480 g/mol. The number of nitrogens with one attached hydrogen (secondary N) is 2. The molecule has 0 radical (unpaired) electrons. The number of nitrogens with zero attached hydrogens (tertiary/aromatic N) is 1. The van der Waals surface area contributed by atoms with Crippen molar-refractivity contribution in [1.82, 2.24) is 0 Å².